The second kappa shape index (κ2) is 8.54. The molecule has 0 aliphatic heterocycles. The number of aryl methyl sites for hydroxylation is 1. The number of nitrogens with one attached hydrogen (secondary N) is 1. The lowest BCUT2D eigenvalue weighted by Gasteiger charge is -2.13. The number of benzene rings is 2. The van der Waals surface area contributed by atoms with Crippen LogP contribution in [0.3, 0.4) is 0 Å². The third-order valence-electron chi connectivity index (χ3n) is 4.20. The fraction of sp³-hybridized carbons (Fsp3) is 0.273. The Kier molecular flexibility index (Phi) is 5.91. The molecule has 140 valence electrons. The minimum absolute atomic E-state index is 0.000106. The molecular formula is C22H24N2O3. The molecule has 1 atom stereocenters. The average molecular weight is 364 g/mol. The van der Waals surface area contributed by atoms with Gasteiger partial charge in [-0.05, 0) is 49.1 Å². The molecule has 5 heteroatoms. The van der Waals surface area contributed by atoms with Crippen LogP contribution >= 0.6 is 0 Å². The first-order valence-corrected chi connectivity index (χ1v) is 9.01. The smallest absolute Gasteiger partial charge is 0.217 e. The van der Waals surface area contributed by atoms with E-state index in [0.717, 1.165) is 34.8 Å². The Morgan fingerprint density at radius 2 is 1.74 bits per heavy atom. The van der Waals surface area contributed by atoms with Crippen LogP contribution in [0.1, 0.15) is 30.9 Å². The number of hydrogen-bond acceptors (Lipinski definition) is 4. The van der Waals surface area contributed by atoms with Gasteiger partial charge in [-0.25, -0.2) is 0 Å². The van der Waals surface area contributed by atoms with Crippen LogP contribution in [0.15, 0.2) is 59.1 Å². The van der Waals surface area contributed by atoms with Gasteiger partial charge in [-0.15, -0.1) is 0 Å². The standard InChI is InChI=1S/C22H24N2O3/c1-15(23-17(3)25)12-18-4-6-19(7-5-18)20-8-10-22(11-9-20)26-14-21-13-16(2)27-24-21/h4-11,13,15H,12,14H2,1-3H3,(H,23,25). The highest BCUT2D eigenvalue weighted by atomic mass is 16.5. The molecule has 3 rings (SSSR count). The molecule has 0 aliphatic rings. The lowest BCUT2D eigenvalue weighted by Crippen LogP contribution is -2.31. The second-order valence-corrected chi connectivity index (χ2v) is 6.74. The summed E-state index contributed by atoms with van der Waals surface area (Å²) in [5.74, 6) is 1.57. The molecule has 0 aliphatic carbocycles. The number of ether oxygens (including phenoxy) is 1. The van der Waals surface area contributed by atoms with Crippen molar-refractivity contribution >= 4 is 5.91 Å². The van der Waals surface area contributed by atoms with Gasteiger partial charge in [0.1, 0.15) is 23.8 Å². The van der Waals surface area contributed by atoms with Gasteiger partial charge in [0.05, 0.1) is 0 Å². The van der Waals surface area contributed by atoms with Crippen molar-refractivity contribution in [2.24, 2.45) is 0 Å². The highest BCUT2D eigenvalue weighted by Gasteiger charge is 2.06. The number of carbonyl (C=O) groups is 1. The van der Waals surface area contributed by atoms with Crippen LogP contribution in [0.25, 0.3) is 11.1 Å². The Balaban J connectivity index is 1.58. The maximum Gasteiger partial charge on any atom is 0.217 e. The zero-order valence-electron chi connectivity index (χ0n) is 15.9. The summed E-state index contributed by atoms with van der Waals surface area (Å²) in [4.78, 5) is 11.1. The maximum atomic E-state index is 11.1. The van der Waals surface area contributed by atoms with E-state index in [1.54, 1.807) is 6.92 Å². The van der Waals surface area contributed by atoms with Crippen LogP contribution in [0.2, 0.25) is 0 Å². The van der Waals surface area contributed by atoms with E-state index in [1.165, 1.54) is 5.56 Å². The van der Waals surface area contributed by atoms with E-state index in [2.05, 4.69) is 34.7 Å². The van der Waals surface area contributed by atoms with Crippen molar-refractivity contribution in [3.8, 4) is 16.9 Å². The van der Waals surface area contributed by atoms with Crippen LogP contribution in [0.4, 0.5) is 0 Å². The molecule has 0 radical (unpaired) electrons. The minimum Gasteiger partial charge on any atom is -0.487 e. The van der Waals surface area contributed by atoms with Gasteiger partial charge >= 0.3 is 0 Å². The maximum absolute atomic E-state index is 11.1. The molecule has 0 spiro atoms. The zero-order chi connectivity index (χ0) is 19.2. The molecule has 0 fully saturated rings. The van der Waals surface area contributed by atoms with Crippen LogP contribution in [-0.2, 0) is 17.8 Å². The third-order valence-corrected chi connectivity index (χ3v) is 4.20. The molecule has 1 heterocycles. The third kappa shape index (κ3) is 5.45. The predicted octanol–water partition coefficient (Wildman–Crippen LogP) is 4.30. The molecule has 0 bridgehead atoms. The SMILES string of the molecule is CC(=O)NC(C)Cc1ccc(-c2ccc(OCc3cc(C)on3)cc2)cc1. The first kappa shape index (κ1) is 18.7. The molecule has 2 aromatic carbocycles. The van der Waals surface area contributed by atoms with Crippen molar-refractivity contribution in [2.75, 3.05) is 0 Å². The Morgan fingerprint density at radius 3 is 2.30 bits per heavy atom. The summed E-state index contributed by atoms with van der Waals surface area (Å²) in [6, 6.07) is 18.4. The average Bonchev–Trinajstić information content (AvgIpc) is 3.06. The number of nitrogens with zero attached hydrogens (tertiary/aromatic N) is 1. The van der Waals surface area contributed by atoms with Crippen molar-refractivity contribution in [1.29, 1.82) is 0 Å². The molecule has 1 unspecified atom stereocenters. The first-order chi connectivity index (χ1) is 13.0. The number of hydrogen-bond donors (Lipinski definition) is 1. The van der Waals surface area contributed by atoms with Gasteiger partial charge in [0.2, 0.25) is 5.91 Å². The molecule has 0 saturated heterocycles. The lowest BCUT2D eigenvalue weighted by atomic mass is 10.0. The van der Waals surface area contributed by atoms with Gasteiger partial charge in [0, 0.05) is 19.0 Å². The zero-order valence-corrected chi connectivity index (χ0v) is 15.9. The highest BCUT2D eigenvalue weighted by molar-refractivity contribution is 5.73. The molecule has 1 amide bonds. The van der Waals surface area contributed by atoms with Crippen molar-refractivity contribution in [3.63, 3.8) is 0 Å². The summed E-state index contributed by atoms with van der Waals surface area (Å²) >= 11 is 0. The number of aromatic nitrogens is 1. The summed E-state index contributed by atoms with van der Waals surface area (Å²) in [5.41, 5.74) is 4.24. The summed E-state index contributed by atoms with van der Waals surface area (Å²) in [6.45, 7) is 5.79. The summed E-state index contributed by atoms with van der Waals surface area (Å²) in [7, 11) is 0. The Hall–Kier alpha value is -3.08. The summed E-state index contributed by atoms with van der Waals surface area (Å²) in [6.07, 6.45) is 0.814. The Bertz CT molecular complexity index is 883. The fourth-order valence-corrected chi connectivity index (χ4v) is 2.97. The highest BCUT2D eigenvalue weighted by Crippen LogP contribution is 2.23. The molecule has 3 aromatic rings. The van der Waals surface area contributed by atoms with Crippen molar-refractivity contribution < 1.29 is 14.1 Å². The monoisotopic (exact) mass is 364 g/mol. The van der Waals surface area contributed by atoms with Gasteiger partial charge in [0.25, 0.3) is 0 Å². The largest absolute Gasteiger partial charge is 0.487 e. The van der Waals surface area contributed by atoms with E-state index in [1.807, 2.05) is 44.2 Å². The lowest BCUT2D eigenvalue weighted by molar-refractivity contribution is -0.119. The molecule has 1 N–H and O–H groups in total. The topological polar surface area (TPSA) is 64.4 Å². The predicted molar refractivity (Wildman–Crippen MR) is 104 cm³/mol. The van der Waals surface area contributed by atoms with Crippen molar-refractivity contribution in [3.05, 3.63) is 71.6 Å². The van der Waals surface area contributed by atoms with E-state index in [0.29, 0.717) is 6.61 Å². The Morgan fingerprint density at radius 1 is 1.11 bits per heavy atom. The summed E-state index contributed by atoms with van der Waals surface area (Å²) < 4.78 is 10.8. The van der Waals surface area contributed by atoms with Crippen molar-refractivity contribution in [1.82, 2.24) is 10.5 Å². The van der Waals surface area contributed by atoms with Crippen LogP contribution in [0.5, 0.6) is 5.75 Å². The minimum atomic E-state index is 0.000106. The molecule has 27 heavy (non-hydrogen) atoms. The first-order valence-electron chi connectivity index (χ1n) is 9.01. The summed E-state index contributed by atoms with van der Waals surface area (Å²) in [5, 5.41) is 6.82. The van der Waals surface area contributed by atoms with E-state index in [4.69, 9.17) is 9.26 Å². The molecule has 1 aromatic heterocycles. The van der Waals surface area contributed by atoms with Gasteiger partial charge in [-0.3, -0.25) is 4.79 Å². The van der Waals surface area contributed by atoms with Gasteiger partial charge in [-0.2, -0.15) is 0 Å². The van der Waals surface area contributed by atoms with Crippen LogP contribution in [0, 0.1) is 6.92 Å². The quantitative estimate of drug-likeness (QED) is 0.679. The van der Waals surface area contributed by atoms with Gasteiger partial charge in [0.15, 0.2) is 0 Å². The van der Waals surface area contributed by atoms with E-state index >= 15 is 0 Å². The number of amides is 1. The van der Waals surface area contributed by atoms with Crippen LogP contribution < -0.4 is 10.1 Å². The molecular weight excluding hydrogens is 340 g/mol. The van der Waals surface area contributed by atoms with E-state index in [9.17, 15) is 4.79 Å². The second-order valence-electron chi connectivity index (χ2n) is 6.74. The van der Waals surface area contributed by atoms with Gasteiger partial charge in [-0.1, -0.05) is 41.6 Å². The van der Waals surface area contributed by atoms with E-state index in [-0.39, 0.29) is 11.9 Å². The van der Waals surface area contributed by atoms with Gasteiger partial charge < -0.3 is 14.6 Å². The fourth-order valence-electron chi connectivity index (χ4n) is 2.97. The molecule has 5 nitrogen and oxygen atoms in total. The number of rotatable bonds is 7. The normalized spacial score (nSPS) is 11.8. The number of carbonyl (C=O) groups excluding carboxylic acids is 1. The van der Waals surface area contributed by atoms with Crippen LogP contribution in [-0.4, -0.2) is 17.1 Å². The van der Waals surface area contributed by atoms with Crippen molar-refractivity contribution in [2.45, 2.75) is 39.8 Å². The Labute approximate surface area is 159 Å². The van der Waals surface area contributed by atoms with E-state index < -0.39 is 0 Å². The molecule has 0 saturated carbocycles.